The number of anilines is 2. The number of imidazole rings is 2. The van der Waals surface area contributed by atoms with Gasteiger partial charge in [0.25, 0.3) is 0 Å². The molecule has 0 spiro atoms. The number of H-pyrrole nitrogens is 1. The van der Waals surface area contributed by atoms with Gasteiger partial charge in [0, 0.05) is 11.1 Å². The highest BCUT2D eigenvalue weighted by Gasteiger charge is 2.25. The Kier molecular flexibility index (Phi) is 4.98. The minimum absolute atomic E-state index is 0.0593. The summed E-state index contributed by atoms with van der Waals surface area (Å²) >= 11 is 1.44. The van der Waals surface area contributed by atoms with Crippen LogP contribution < -0.4 is 11.5 Å². The molecule has 0 saturated heterocycles. The first-order valence-electron chi connectivity index (χ1n) is 10.3. The second kappa shape index (κ2) is 7.75. The smallest absolute Gasteiger partial charge is 0.244 e. The van der Waals surface area contributed by atoms with Crippen LogP contribution in [0.4, 0.5) is 10.9 Å². The molecule has 0 aliphatic rings. The fourth-order valence-electron chi connectivity index (χ4n) is 3.69. The molecule has 8 nitrogen and oxygen atoms in total. The molecule has 2 aromatic carbocycles. The molecule has 3 aromatic heterocycles. The highest BCUT2D eigenvalue weighted by Crippen LogP contribution is 2.37. The molecule has 5 aromatic rings. The highest BCUT2D eigenvalue weighted by atomic mass is 32.2. The number of aromatic amines is 1. The summed E-state index contributed by atoms with van der Waals surface area (Å²) in [6, 6.07) is 19.0. The van der Waals surface area contributed by atoms with Crippen LogP contribution in [0.3, 0.4) is 0 Å². The van der Waals surface area contributed by atoms with Crippen LogP contribution >= 0.6 is 11.3 Å². The summed E-state index contributed by atoms with van der Waals surface area (Å²) in [5.74, 6) is 0.629. The van der Waals surface area contributed by atoms with Crippen molar-refractivity contribution < 1.29 is 8.42 Å². The molecule has 0 aliphatic heterocycles. The van der Waals surface area contributed by atoms with Crippen LogP contribution in [-0.4, -0.2) is 32.6 Å². The number of nitrogens with two attached hydrogens (primary N) is 2. The minimum Gasteiger partial charge on any atom is -0.391 e. The van der Waals surface area contributed by atoms with Gasteiger partial charge in [0.15, 0.2) is 0 Å². The van der Waals surface area contributed by atoms with Crippen LogP contribution in [0.5, 0.6) is 0 Å². The van der Waals surface area contributed by atoms with Gasteiger partial charge in [-0.3, -0.25) is 0 Å². The van der Waals surface area contributed by atoms with E-state index >= 15 is 0 Å². The largest absolute Gasteiger partial charge is 0.391 e. The molecule has 0 saturated carbocycles. The number of hydrogen-bond donors (Lipinski definition) is 3. The van der Waals surface area contributed by atoms with Gasteiger partial charge in [-0.1, -0.05) is 36.4 Å². The molecule has 0 radical (unpaired) electrons. The lowest BCUT2D eigenvalue weighted by Crippen LogP contribution is -2.23. The zero-order chi connectivity index (χ0) is 23.3. The van der Waals surface area contributed by atoms with Gasteiger partial charge in [0.05, 0.1) is 37.5 Å². The summed E-state index contributed by atoms with van der Waals surface area (Å²) in [5.41, 5.74) is 16.1. The minimum atomic E-state index is -3.70. The summed E-state index contributed by atoms with van der Waals surface area (Å²) in [6.07, 6.45) is 0. The van der Waals surface area contributed by atoms with Crippen LogP contribution in [0.25, 0.3) is 44.2 Å². The summed E-state index contributed by atoms with van der Waals surface area (Å²) in [6.45, 7) is 3.23. The van der Waals surface area contributed by atoms with Gasteiger partial charge in [-0.05, 0) is 38.1 Å². The quantitative estimate of drug-likeness (QED) is 0.339. The molecule has 0 bridgehead atoms. The number of benzene rings is 2. The van der Waals surface area contributed by atoms with Crippen molar-refractivity contribution in [3.63, 3.8) is 0 Å². The van der Waals surface area contributed by atoms with Crippen molar-refractivity contribution in [3.8, 4) is 33.2 Å². The van der Waals surface area contributed by atoms with Crippen molar-refractivity contribution in [2.24, 2.45) is 0 Å². The number of rotatable bonds is 5. The zero-order valence-corrected chi connectivity index (χ0v) is 19.6. The van der Waals surface area contributed by atoms with E-state index in [1.54, 1.807) is 26.0 Å². The number of fused-ring (bicyclic) bond motifs is 1. The molecule has 0 atom stereocenters. The van der Waals surface area contributed by atoms with E-state index in [2.05, 4.69) is 9.97 Å². The molecule has 3 heterocycles. The number of hydrogen-bond acceptors (Lipinski definition) is 7. The molecular formula is C23H22N6O2S2. The van der Waals surface area contributed by atoms with Gasteiger partial charge >= 0.3 is 0 Å². The number of nitrogens with zero attached hydrogens (tertiary/aromatic N) is 3. The van der Waals surface area contributed by atoms with Crippen molar-refractivity contribution in [1.82, 2.24) is 18.9 Å². The van der Waals surface area contributed by atoms with Crippen LogP contribution in [0.15, 0.2) is 60.7 Å². The SMILES string of the molecule is CC(C)S(=O)(=O)n1c(N)nc2ccc(-c3nc(-c4ccc(N)s4)[nH]c3-c3ccccc3)cc21. The van der Waals surface area contributed by atoms with Crippen molar-refractivity contribution >= 4 is 43.3 Å². The maximum Gasteiger partial charge on any atom is 0.244 e. The van der Waals surface area contributed by atoms with Crippen LogP contribution in [-0.2, 0) is 10.0 Å². The van der Waals surface area contributed by atoms with E-state index in [9.17, 15) is 8.42 Å². The van der Waals surface area contributed by atoms with Crippen molar-refractivity contribution in [2.45, 2.75) is 19.1 Å². The van der Waals surface area contributed by atoms with Gasteiger partial charge in [-0.2, -0.15) is 0 Å². The molecule has 5 N–H and O–H groups in total. The van der Waals surface area contributed by atoms with Gasteiger partial charge in [-0.15, -0.1) is 11.3 Å². The molecule has 0 amide bonds. The second-order valence-electron chi connectivity index (χ2n) is 7.91. The van der Waals surface area contributed by atoms with Crippen molar-refractivity contribution in [1.29, 1.82) is 0 Å². The lowest BCUT2D eigenvalue weighted by atomic mass is 10.0. The fraction of sp³-hybridized carbons (Fsp3) is 0.130. The number of thiophene rings is 1. The summed E-state index contributed by atoms with van der Waals surface area (Å²) < 4.78 is 27.0. The Hall–Kier alpha value is -3.63. The first-order chi connectivity index (χ1) is 15.8. The van der Waals surface area contributed by atoms with Crippen molar-refractivity contribution in [3.05, 3.63) is 60.7 Å². The average molecular weight is 479 g/mol. The summed E-state index contributed by atoms with van der Waals surface area (Å²) in [4.78, 5) is 13.5. The van der Waals surface area contributed by atoms with E-state index in [0.29, 0.717) is 27.6 Å². The second-order valence-corrected chi connectivity index (χ2v) is 11.4. The third-order valence-corrected chi connectivity index (χ3v) is 8.39. The molecule has 168 valence electrons. The fourth-order valence-corrected chi connectivity index (χ4v) is 5.55. The molecular weight excluding hydrogens is 456 g/mol. The maximum absolute atomic E-state index is 13.0. The Morgan fingerprint density at radius 3 is 2.39 bits per heavy atom. The standard InChI is InChI=1S/C23H22N6O2S2/c1-13(2)33(30,31)29-17-12-15(8-9-16(17)26-23(29)25)21-20(14-6-4-3-5-7-14)27-22(28-21)18-10-11-19(24)32-18/h3-13H,24H2,1-2H3,(H2,25,26)(H,27,28). The van der Waals surface area contributed by atoms with E-state index in [4.69, 9.17) is 16.5 Å². The highest BCUT2D eigenvalue weighted by molar-refractivity contribution is 7.90. The lowest BCUT2D eigenvalue weighted by Gasteiger charge is -2.11. The normalized spacial score (nSPS) is 12.1. The van der Waals surface area contributed by atoms with Gasteiger partial charge in [0.1, 0.15) is 5.82 Å². The van der Waals surface area contributed by atoms with Crippen LogP contribution in [0.1, 0.15) is 13.8 Å². The Morgan fingerprint density at radius 2 is 1.73 bits per heavy atom. The molecule has 33 heavy (non-hydrogen) atoms. The van der Waals surface area contributed by atoms with Crippen LogP contribution in [0.2, 0.25) is 0 Å². The average Bonchev–Trinajstić information content (AvgIpc) is 3.49. The number of aromatic nitrogens is 4. The third kappa shape index (κ3) is 3.57. The molecule has 10 heteroatoms. The molecule has 0 aliphatic carbocycles. The predicted molar refractivity (Wildman–Crippen MR) is 134 cm³/mol. The Bertz CT molecular complexity index is 1580. The summed E-state index contributed by atoms with van der Waals surface area (Å²) in [5, 5.41) is 0.0471. The van der Waals surface area contributed by atoms with E-state index < -0.39 is 15.3 Å². The van der Waals surface area contributed by atoms with E-state index in [1.807, 2.05) is 48.5 Å². The molecule has 0 unspecified atom stereocenters. The monoisotopic (exact) mass is 478 g/mol. The topological polar surface area (TPSA) is 133 Å². The van der Waals surface area contributed by atoms with Gasteiger partial charge in [-0.25, -0.2) is 22.4 Å². The molecule has 5 rings (SSSR count). The Balaban J connectivity index is 1.75. The van der Waals surface area contributed by atoms with E-state index in [0.717, 1.165) is 25.7 Å². The van der Waals surface area contributed by atoms with Crippen LogP contribution in [0, 0.1) is 0 Å². The number of nitrogen functional groups attached to an aromatic ring is 2. The Morgan fingerprint density at radius 1 is 0.970 bits per heavy atom. The lowest BCUT2D eigenvalue weighted by molar-refractivity contribution is 0.580. The van der Waals surface area contributed by atoms with E-state index in [-0.39, 0.29) is 5.95 Å². The third-order valence-electron chi connectivity index (χ3n) is 5.39. The first kappa shape index (κ1) is 21.2. The van der Waals surface area contributed by atoms with Crippen molar-refractivity contribution in [2.75, 3.05) is 11.5 Å². The predicted octanol–water partition coefficient (Wildman–Crippen LogP) is 4.57. The zero-order valence-electron chi connectivity index (χ0n) is 18.0. The number of nitrogens with one attached hydrogen (secondary N) is 1. The first-order valence-corrected chi connectivity index (χ1v) is 12.6. The van der Waals surface area contributed by atoms with E-state index in [1.165, 1.54) is 11.3 Å². The van der Waals surface area contributed by atoms with Gasteiger partial charge in [0.2, 0.25) is 16.0 Å². The molecule has 0 fully saturated rings. The Labute approximate surface area is 195 Å². The summed E-state index contributed by atoms with van der Waals surface area (Å²) in [7, 11) is -3.70. The maximum atomic E-state index is 13.0. The van der Waals surface area contributed by atoms with Gasteiger partial charge < -0.3 is 16.5 Å².